The summed E-state index contributed by atoms with van der Waals surface area (Å²) in [6.45, 7) is 7.55. The number of hydrogen-bond acceptors (Lipinski definition) is 4. The second-order valence-electron chi connectivity index (χ2n) is 7.27. The predicted octanol–water partition coefficient (Wildman–Crippen LogP) is 2.06. The minimum absolute atomic E-state index is 0.0303. The molecule has 1 aliphatic rings. The van der Waals surface area contributed by atoms with E-state index < -0.39 is 0 Å². The molecular weight excluding hydrogens is 302 g/mol. The summed E-state index contributed by atoms with van der Waals surface area (Å²) in [4.78, 5) is 15.0. The molecule has 1 aromatic carbocycles. The third kappa shape index (κ3) is 2.41. The second kappa shape index (κ2) is 5.70. The summed E-state index contributed by atoms with van der Waals surface area (Å²) in [5, 5.41) is 9.39. The van der Waals surface area contributed by atoms with E-state index in [-0.39, 0.29) is 5.56 Å². The van der Waals surface area contributed by atoms with E-state index in [2.05, 4.69) is 28.9 Å². The molecule has 0 N–H and O–H groups in total. The van der Waals surface area contributed by atoms with Crippen LogP contribution in [0.1, 0.15) is 26.1 Å². The first-order valence-corrected chi connectivity index (χ1v) is 8.58. The molecule has 1 fully saturated rings. The fraction of sp³-hybridized carbons (Fsp3) is 0.500. The zero-order valence-corrected chi connectivity index (χ0v) is 14.4. The van der Waals surface area contributed by atoms with Gasteiger partial charge in [-0.2, -0.15) is 0 Å². The first-order chi connectivity index (χ1) is 11.5. The topological polar surface area (TPSA) is 55.4 Å². The van der Waals surface area contributed by atoms with Crippen LogP contribution in [0, 0.1) is 11.8 Å². The average molecular weight is 325 g/mol. The molecule has 2 atom stereocenters. The number of likely N-dealkylation sites (tertiary alicyclic amines) is 1. The Kier molecular flexibility index (Phi) is 3.64. The van der Waals surface area contributed by atoms with Gasteiger partial charge in [0.25, 0.3) is 5.56 Å². The van der Waals surface area contributed by atoms with Gasteiger partial charge in [-0.05, 0) is 30.4 Å². The Balaban J connectivity index is 1.84. The van der Waals surface area contributed by atoms with E-state index in [1.54, 1.807) is 11.6 Å². The summed E-state index contributed by atoms with van der Waals surface area (Å²) >= 11 is 0. The molecule has 1 saturated heterocycles. The lowest BCUT2D eigenvalue weighted by Crippen LogP contribution is -2.38. The molecule has 1 aliphatic heterocycles. The van der Waals surface area contributed by atoms with Crippen molar-refractivity contribution in [1.29, 1.82) is 0 Å². The van der Waals surface area contributed by atoms with Crippen LogP contribution in [0.15, 0.2) is 29.1 Å². The first kappa shape index (κ1) is 15.3. The zero-order valence-electron chi connectivity index (χ0n) is 14.4. The predicted molar refractivity (Wildman–Crippen MR) is 94.0 cm³/mol. The number of rotatable bonds is 2. The first-order valence-electron chi connectivity index (χ1n) is 8.58. The van der Waals surface area contributed by atoms with Crippen molar-refractivity contribution in [1.82, 2.24) is 24.1 Å². The van der Waals surface area contributed by atoms with Crippen LogP contribution in [0.2, 0.25) is 0 Å². The summed E-state index contributed by atoms with van der Waals surface area (Å²) in [5.41, 5.74) is 0.853. The van der Waals surface area contributed by atoms with Crippen molar-refractivity contribution in [2.24, 2.45) is 18.9 Å². The number of para-hydroxylation sites is 1. The third-order valence-electron chi connectivity index (χ3n) is 5.00. The lowest BCUT2D eigenvalue weighted by molar-refractivity contribution is 0.131. The Hall–Kier alpha value is -2.21. The SMILES string of the molecule is CC1CC(C)CN(Cc2nnc3n(C)c(=O)c4ccccc4n23)C1. The summed E-state index contributed by atoms with van der Waals surface area (Å²) < 4.78 is 3.61. The average Bonchev–Trinajstić information content (AvgIpc) is 2.95. The van der Waals surface area contributed by atoms with Crippen LogP contribution in [-0.2, 0) is 13.6 Å². The molecular formula is C18H23N5O. The fourth-order valence-corrected chi connectivity index (χ4v) is 4.12. The van der Waals surface area contributed by atoms with Gasteiger partial charge in [0.2, 0.25) is 5.78 Å². The highest BCUT2D eigenvalue weighted by Crippen LogP contribution is 2.23. The van der Waals surface area contributed by atoms with E-state index in [1.165, 1.54) is 6.42 Å². The molecule has 0 radical (unpaired) electrons. The Morgan fingerprint density at radius 3 is 2.58 bits per heavy atom. The molecule has 24 heavy (non-hydrogen) atoms. The van der Waals surface area contributed by atoms with Crippen molar-refractivity contribution < 1.29 is 0 Å². The molecule has 0 saturated carbocycles. The van der Waals surface area contributed by atoms with Crippen molar-refractivity contribution in [2.75, 3.05) is 13.1 Å². The van der Waals surface area contributed by atoms with E-state index in [1.807, 2.05) is 28.7 Å². The van der Waals surface area contributed by atoms with Crippen molar-refractivity contribution in [3.05, 3.63) is 40.4 Å². The summed E-state index contributed by atoms with van der Waals surface area (Å²) in [6.07, 6.45) is 1.29. The van der Waals surface area contributed by atoms with E-state index in [4.69, 9.17) is 0 Å². The Morgan fingerprint density at radius 2 is 1.83 bits per heavy atom. The molecule has 4 rings (SSSR count). The molecule has 2 unspecified atom stereocenters. The van der Waals surface area contributed by atoms with Crippen LogP contribution in [0.25, 0.3) is 16.7 Å². The molecule has 0 spiro atoms. The maximum Gasteiger partial charge on any atom is 0.262 e. The van der Waals surface area contributed by atoms with Crippen LogP contribution < -0.4 is 5.56 Å². The van der Waals surface area contributed by atoms with Gasteiger partial charge in [-0.1, -0.05) is 26.0 Å². The van der Waals surface area contributed by atoms with Gasteiger partial charge in [0.1, 0.15) is 0 Å². The molecule has 6 heteroatoms. The van der Waals surface area contributed by atoms with E-state index in [9.17, 15) is 4.79 Å². The lowest BCUT2D eigenvalue weighted by atomic mass is 9.92. The Labute approximate surface area is 140 Å². The van der Waals surface area contributed by atoms with Crippen molar-refractivity contribution >= 4 is 16.7 Å². The maximum atomic E-state index is 12.5. The van der Waals surface area contributed by atoms with Crippen LogP contribution in [0.4, 0.5) is 0 Å². The molecule has 6 nitrogen and oxygen atoms in total. The zero-order chi connectivity index (χ0) is 16.8. The maximum absolute atomic E-state index is 12.5. The number of aromatic nitrogens is 4. The van der Waals surface area contributed by atoms with Gasteiger partial charge in [-0.15, -0.1) is 10.2 Å². The molecule has 126 valence electrons. The minimum atomic E-state index is -0.0303. The highest BCUT2D eigenvalue weighted by molar-refractivity contribution is 5.80. The Morgan fingerprint density at radius 1 is 1.12 bits per heavy atom. The lowest BCUT2D eigenvalue weighted by Gasteiger charge is -2.34. The number of fused-ring (bicyclic) bond motifs is 3. The summed E-state index contributed by atoms with van der Waals surface area (Å²) in [7, 11) is 1.76. The second-order valence-corrected chi connectivity index (χ2v) is 7.27. The van der Waals surface area contributed by atoms with Crippen molar-refractivity contribution in [3.63, 3.8) is 0 Å². The van der Waals surface area contributed by atoms with E-state index >= 15 is 0 Å². The number of aryl methyl sites for hydroxylation is 1. The molecule has 2 aromatic heterocycles. The molecule has 3 aromatic rings. The molecule has 3 heterocycles. The molecule has 0 aliphatic carbocycles. The van der Waals surface area contributed by atoms with Gasteiger partial charge in [0.15, 0.2) is 5.82 Å². The Bertz CT molecular complexity index is 947. The number of hydrogen-bond donors (Lipinski definition) is 0. The third-order valence-corrected chi connectivity index (χ3v) is 5.00. The van der Waals surface area contributed by atoms with Crippen LogP contribution in [0.5, 0.6) is 0 Å². The van der Waals surface area contributed by atoms with Crippen LogP contribution in [-0.4, -0.2) is 37.2 Å². The van der Waals surface area contributed by atoms with Gasteiger partial charge in [-0.25, -0.2) is 0 Å². The number of piperidine rings is 1. The summed E-state index contributed by atoms with van der Waals surface area (Å²) in [5.74, 6) is 2.91. The standard InChI is InChI=1S/C18H23N5O/c1-12-8-13(2)10-22(9-12)11-16-19-20-18-21(3)17(24)14-6-4-5-7-15(14)23(16)18/h4-7,12-13H,8-11H2,1-3H3. The van der Waals surface area contributed by atoms with Gasteiger partial charge in [0, 0.05) is 20.1 Å². The van der Waals surface area contributed by atoms with Crippen LogP contribution >= 0.6 is 0 Å². The molecule has 0 bridgehead atoms. The smallest absolute Gasteiger partial charge is 0.262 e. The largest absolute Gasteiger partial charge is 0.295 e. The number of benzene rings is 1. The normalized spacial score (nSPS) is 22.5. The van der Waals surface area contributed by atoms with Gasteiger partial charge in [-0.3, -0.25) is 18.7 Å². The van der Waals surface area contributed by atoms with Crippen molar-refractivity contribution in [2.45, 2.75) is 26.8 Å². The summed E-state index contributed by atoms with van der Waals surface area (Å²) in [6, 6.07) is 7.69. The van der Waals surface area contributed by atoms with Gasteiger partial charge >= 0.3 is 0 Å². The molecule has 0 amide bonds. The highest BCUT2D eigenvalue weighted by Gasteiger charge is 2.24. The highest BCUT2D eigenvalue weighted by atomic mass is 16.1. The van der Waals surface area contributed by atoms with E-state index in [0.717, 1.165) is 31.0 Å². The number of nitrogens with zero attached hydrogens (tertiary/aromatic N) is 5. The van der Waals surface area contributed by atoms with Gasteiger partial charge < -0.3 is 0 Å². The van der Waals surface area contributed by atoms with E-state index in [0.29, 0.717) is 23.0 Å². The minimum Gasteiger partial charge on any atom is -0.295 e. The fourth-order valence-electron chi connectivity index (χ4n) is 4.12. The monoisotopic (exact) mass is 325 g/mol. The van der Waals surface area contributed by atoms with Crippen molar-refractivity contribution in [3.8, 4) is 0 Å². The van der Waals surface area contributed by atoms with Gasteiger partial charge in [0.05, 0.1) is 17.4 Å². The quantitative estimate of drug-likeness (QED) is 0.724. The van der Waals surface area contributed by atoms with Crippen LogP contribution in [0.3, 0.4) is 0 Å².